The zero-order valence-electron chi connectivity index (χ0n) is 22.9. The standard InChI is InChI=1S/C32H23ClN4O5S/c1-18-24(9-6-10-25(18)37(40)41)26-16-15-23(42-26)17-27-31(39)36-29(20-11-13-21(33)14-12-20)28(19(2)34-32(36)43-27)30(38)35-22-7-4-3-5-8-22/h3-17,29H,1-2H3,(H,35,38). The fourth-order valence-corrected chi connectivity index (χ4v) is 6.24. The zero-order chi connectivity index (χ0) is 30.2. The first-order valence-corrected chi connectivity index (χ1v) is 14.4. The molecule has 0 spiro atoms. The van der Waals surface area contributed by atoms with Crippen LogP contribution in [0.5, 0.6) is 0 Å². The first-order valence-electron chi connectivity index (χ1n) is 13.2. The second kappa shape index (κ2) is 11.3. The molecular formula is C32H23ClN4O5S. The van der Waals surface area contributed by atoms with Crippen LogP contribution < -0.4 is 20.2 Å². The molecule has 0 aliphatic carbocycles. The third-order valence-electron chi connectivity index (χ3n) is 7.15. The minimum absolute atomic E-state index is 0.00608. The van der Waals surface area contributed by atoms with Crippen LogP contribution in [0.15, 0.2) is 110 Å². The van der Waals surface area contributed by atoms with Crippen LogP contribution in [-0.4, -0.2) is 15.4 Å². The van der Waals surface area contributed by atoms with Crippen molar-refractivity contribution in [3.05, 3.63) is 148 Å². The van der Waals surface area contributed by atoms with E-state index in [9.17, 15) is 19.7 Å². The van der Waals surface area contributed by atoms with Crippen molar-refractivity contribution in [2.75, 3.05) is 5.32 Å². The number of halogens is 1. The molecule has 214 valence electrons. The monoisotopic (exact) mass is 610 g/mol. The molecule has 0 radical (unpaired) electrons. The van der Waals surface area contributed by atoms with Gasteiger partial charge in [0.15, 0.2) is 4.80 Å². The van der Waals surface area contributed by atoms with Crippen LogP contribution in [0.3, 0.4) is 0 Å². The topological polar surface area (TPSA) is 120 Å². The largest absolute Gasteiger partial charge is 0.457 e. The SMILES string of the molecule is CC1=C(C(=O)Nc2ccccc2)C(c2ccc(Cl)cc2)n2c(sc(=Cc3ccc(-c4cccc([N+](=O)[O-])c4C)o3)c2=O)=N1. The van der Waals surface area contributed by atoms with E-state index in [1.165, 1.54) is 22.0 Å². The van der Waals surface area contributed by atoms with E-state index >= 15 is 0 Å². The highest BCUT2D eigenvalue weighted by Crippen LogP contribution is 2.33. The third-order valence-corrected chi connectivity index (χ3v) is 8.39. The Hall–Kier alpha value is -5.06. The van der Waals surface area contributed by atoms with Gasteiger partial charge in [-0.3, -0.25) is 24.3 Å². The van der Waals surface area contributed by atoms with Crippen LogP contribution in [0.2, 0.25) is 5.02 Å². The van der Waals surface area contributed by atoms with Crippen molar-refractivity contribution in [3.8, 4) is 11.3 Å². The fourth-order valence-electron chi connectivity index (χ4n) is 5.08. The summed E-state index contributed by atoms with van der Waals surface area (Å²) >= 11 is 7.35. The lowest BCUT2D eigenvalue weighted by Crippen LogP contribution is -2.40. The van der Waals surface area contributed by atoms with Crippen LogP contribution in [0.25, 0.3) is 17.4 Å². The lowest BCUT2D eigenvalue weighted by atomic mass is 9.95. The number of benzene rings is 3. The van der Waals surface area contributed by atoms with Gasteiger partial charge < -0.3 is 9.73 Å². The molecule has 1 atom stereocenters. The molecule has 43 heavy (non-hydrogen) atoms. The number of allylic oxidation sites excluding steroid dienone is 1. The molecule has 2 aromatic heterocycles. The fraction of sp³-hybridized carbons (Fsp3) is 0.0938. The molecule has 1 aliphatic heterocycles. The number of thiazole rings is 1. The highest BCUT2D eigenvalue weighted by atomic mass is 35.5. The van der Waals surface area contributed by atoms with Crippen LogP contribution in [-0.2, 0) is 4.79 Å². The second-order valence-electron chi connectivity index (χ2n) is 9.86. The van der Waals surface area contributed by atoms with Crippen LogP contribution >= 0.6 is 22.9 Å². The van der Waals surface area contributed by atoms with E-state index in [1.807, 2.05) is 18.2 Å². The highest BCUT2D eigenvalue weighted by molar-refractivity contribution is 7.07. The molecule has 0 bridgehead atoms. The van der Waals surface area contributed by atoms with Gasteiger partial charge in [-0.1, -0.05) is 65.4 Å². The Morgan fingerprint density at radius 2 is 1.79 bits per heavy atom. The van der Waals surface area contributed by atoms with Gasteiger partial charge in [0, 0.05) is 34.0 Å². The van der Waals surface area contributed by atoms with Gasteiger partial charge in [-0.05, 0) is 55.8 Å². The number of carbonyl (C=O) groups excluding carboxylic acids is 1. The Balaban J connectivity index is 1.44. The van der Waals surface area contributed by atoms with E-state index in [-0.39, 0.29) is 17.2 Å². The number of anilines is 1. The Morgan fingerprint density at radius 3 is 2.51 bits per heavy atom. The van der Waals surface area contributed by atoms with E-state index < -0.39 is 11.0 Å². The second-order valence-corrected chi connectivity index (χ2v) is 11.3. The van der Waals surface area contributed by atoms with Crippen molar-refractivity contribution < 1.29 is 14.1 Å². The Kier molecular flexibility index (Phi) is 7.39. The Morgan fingerprint density at radius 1 is 1.05 bits per heavy atom. The summed E-state index contributed by atoms with van der Waals surface area (Å²) in [6.45, 7) is 3.42. The van der Waals surface area contributed by atoms with Crippen LogP contribution in [0, 0.1) is 17.0 Å². The molecule has 3 aromatic carbocycles. The number of hydrogen-bond acceptors (Lipinski definition) is 7. The predicted molar refractivity (Wildman–Crippen MR) is 166 cm³/mol. The molecule has 9 nitrogen and oxygen atoms in total. The number of nitrogens with zero attached hydrogens (tertiary/aromatic N) is 3. The molecular weight excluding hydrogens is 588 g/mol. The lowest BCUT2D eigenvalue weighted by molar-refractivity contribution is -0.385. The van der Waals surface area contributed by atoms with Gasteiger partial charge in [0.1, 0.15) is 11.5 Å². The Labute approximate surface area is 253 Å². The number of aromatic nitrogens is 1. The molecule has 11 heteroatoms. The number of nitrogens with one attached hydrogen (secondary N) is 1. The zero-order valence-corrected chi connectivity index (χ0v) is 24.5. The molecule has 3 heterocycles. The van der Waals surface area contributed by atoms with Crippen LogP contribution in [0.4, 0.5) is 11.4 Å². The normalized spacial score (nSPS) is 14.8. The number of furan rings is 1. The number of rotatable bonds is 6. The van der Waals surface area contributed by atoms with E-state index in [1.54, 1.807) is 80.6 Å². The van der Waals surface area contributed by atoms with Crippen molar-refractivity contribution >= 4 is 46.3 Å². The molecule has 1 aliphatic rings. The summed E-state index contributed by atoms with van der Waals surface area (Å²) in [7, 11) is 0. The molecule has 0 saturated heterocycles. The van der Waals surface area contributed by atoms with Crippen molar-refractivity contribution in [1.82, 2.24) is 4.57 Å². The van der Waals surface area contributed by atoms with Crippen molar-refractivity contribution in [1.29, 1.82) is 0 Å². The van der Waals surface area contributed by atoms with E-state index in [0.717, 1.165) is 0 Å². The van der Waals surface area contributed by atoms with Gasteiger partial charge in [0.2, 0.25) is 0 Å². The summed E-state index contributed by atoms with van der Waals surface area (Å²) in [6, 6.07) is 23.5. The number of carbonyl (C=O) groups is 1. The van der Waals surface area contributed by atoms with Gasteiger partial charge in [-0.25, -0.2) is 4.99 Å². The number of fused-ring (bicyclic) bond motifs is 1. The number of amides is 1. The van der Waals surface area contributed by atoms with Gasteiger partial charge >= 0.3 is 0 Å². The number of hydrogen-bond donors (Lipinski definition) is 1. The summed E-state index contributed by atoms with van der Waals surface area (Å²) in [5.74, 6) is 0.464. The van der Waals surface area contributed by atoms with E-state index in [0.29, 0.717) is 59.5 Å². The van der Waals surface area contributed by atoms with Crippen LogP contribution in [0.1, 0.15) is 29.9 Å². The smallest absolute Gasteiger partial charge is 0.273 e. The average Bonchev–Trinajstić information content (AvgIpc) is 3.57. The minimum atomic E-state index is -0.751. The maximum atomic E-state index is 13.9. The van der Waals surface area contributed by atoms with E-state index in [4.69, 9.17) is 16.0 Å². The lowest BCUT2D eigenvalue weighted by Gasteiger charge is -2.25. The maximum Gasteiger partial charge on any atom is 0.273 e. The molecule has 5 aromatic rings. The van der Waals surface area contributed by atoms with Crippen molar-refractivity contribution in [3.63, 3.8) is 0 Å². The number of nitro benzene ring substituents is 1. The Bertz CT molecular complexity index is 2110. The molecule has 1 unspecified atom stereocenters. The average molecular weight is 611 g/mol. The first-order chi connectivity index (χ1) is 20.7. The third kappa shape index (κ3) is 5.33. The summed E-state index contributed by atoms with van der Waals surface area (Å²) in [5.41, 5.74) is 2.86. The predicted octanol–water partition coefficient (Wildman–Crippen LogP) is 6.00. The quantitative estimate of drug-likeness (QED) is 0.187. The van der Waals surface area contributed by atoms with Gasteiger partial charge in [-0.2, -0.15) is 0 Å². The summed E-state index contributed by atoms with van der Waals surface area (Å²) < 4.78 is 7.88. The highest BCUT2D eigenvalue weighted by Gasteiger charge is 2.32. The number of para-hydroxylation sites is 1. The number of nitro groups is 1. The van der Waals surface area contributed by atoms with Crippen molar-refractivity contribution in [2.24, 2.45) is 4.99 Å². The molecule has 1 amide bonds. The van der Waals surface area contributed by atoms with E-state index in [2.05, 4.69) is 10.3 Å². The molecule has 6 rings (SSSR count). The first kappa shape index (κ1) is 28.1. The molecule has 0 saturated carbocycles. The van der Waals surface area contributed by atoms with Crippen molar-refractivity contribution in [2.45, 2.75) is 19.9 Å². The minimum Gasteiger partial charge on any atom is -0.457 e. The molecule has 1 N–H and O–H groups in total. The van der Waals surface area contributed by atoms with Gasteiger partial charge in [-0.15, -0.1) is 0 Å². The summed E-state index contributed by atoms with van der Waals surface area (Å²) in [5, 5.41) is 14.9. The van der Waals surface area contributed by atoms with Gasteiger partial charge in [0.05, 0.1) is 26.8 Å². The maximum absolute atomic E-state index is 13.9. The summed E-state index contributed by atoms with van der Waals surface area (Å²) in [4.78, 5) is 43.6. The molecule has 0 fully saturated rings. The summed E-state index contributed by atoms with van der Waals surface area (Å²) in [6.07, 6.45) is 1.61. The van der Waals surface area contributed by atoms with Gasteiger partial charge in [0.25, 0.3) is 17.2 Å².